The van der Waals surface area contributed by atoms with E-state index in [0.717, 1.165) is 10.6 Å². The molecule has 1 aliphatic rings. The summed E-state index contributed by atoms with van der Waals surface area (Å²) in [5, 5.41) is 6.08. The molecular weight excluding hydrogens is 457 g/mol. The van der Waals surface area contributed by atoms with Gasteiger partial charge in [-0.3, -0.25) is 14.4 Å². The van der Waals surface area contributed by atoms with Gasteiger partial charge in [-0.1, -0.05) is 0 Å². The second-order valence-corrected chi connectivity index (χ2v) is 9.69. The van der Waals surface area contributed by atoms with Gasteiger partial charge in [0.15, 0.2) is 5.13 Å². The van der Waals surface area contributed by atoms with E-state index in [1.807, 2.05) is 0 Å². The summed E-state index contributed by atoms with van der Waals surface area (Å²) >= 11 is 1.40. The Morgan fingerprint density at radius 2 is 1.97 bits per heavy atom. The molecule has 0 bridgehead atoms. The summed E-state index contributed by atoms with van der Waals surface area (Å²) in [4.78, 5) is 44.3. The molecule has 178 valence electrons. The molecule has 4 rings (SSSR count). The number of nitrogens with zero attached hydrogens (tertiary/aromatic N) is 2. The largest absolute Gasteiger partial charge is 0.375 e. The fourth-order valence-electron chi connectivity index (χ4n) is 4.43. The number of nitrogen functional groups attached to an aromatic ring is 1. The molecule has 2 heterocycles. The Morgan fingerprint density at radius 3 is 2.68 bits per heavy atom. The molecule has 8 nitrogen and oxygen atoms in total. The number of anilines is 2. The third-order valence-corrected chi connectivity index (χ3v) is 7.24. The number of aromatic nitrogens is 2. The molecular formula is C24H26FN5O3S. The minimum atomic E-state index is -0.712. The van der Waals surface area contributed by atoms with Gasteiger partial charge in [-0.05, 0) is 62.9 Å². The monoisotopic (exact) mass is 483 g/mol. The molecule has 2 aromatic heterocycles. The number of hydrogen-bond donors (Lipinski definition) is 3. The van der Waals surface area contributed by atoms with Gasteiger partial charge in [0.05, 0.1) is 17.0 Å². The van der Waals surface area contributed by atoms with Crippen LogP contribution in [0.1, 0.15) is 54.7 Å². The van der Waals surface area contributed by atoms with Gasteiger partial charge < -0.3 is 20.9 Å². The Bertz CT molecular complexity index is 1330. The highest BCUT2D eigenvalue weighted by Gasteiger charge is 2.31. The number of ketones is 1. The molecule has 0 aliphatic heterocycles. The fourth-order valence-corrected chi connectivity index (χ4v) is 5.38. The number of benzene rings is 1. The lowest BCUT2D eigenvalue weighted by Gasteiger charge is -2.22. The molecule has 34 heavy (non-hydrogen) atoms. The lowest BCUT2D eigenvalue weighted by atomic mass is 9.97. The standard InChI is InChI=1S/C24H26FN5O3S/c1-11-9-14(5-7-16(11)25)27-22(32)19-12(2)20(30(4)13(19)3)21(31)23(33)28-15-6-8-17-18(10-15)34-24(26)29-17/h5,7,9,15H,6,8,10H2,1-4H3,(H2,26,29)(H,27,32)(H,28,33)/t15-/m1/s1. The maximum Gasteiger partial charge on any atom is 0.294 e. The number of rotatable bonds is 5. The lowest BCUT2D eigenvalue weighted by Crippen LogP contribution is -2.42. The van der Waals surface area contributed by atoms with E-state index in [-0.39, 0.29) is 17.6 Å². The van der Waals surface area contributed by atoms with Crippen LogP contribution in [0.25, 0.3) is 0 Å². The van der Waals surface area contributed by atoms with Crippen molar-refractivity contribution in [3.05, 3.63) is 62.7 Å². The number of carbonyl (C=O) groups excluding carboxylic acids is 3. The molecule has 10 heteroatoms. The van der Waals surface area contributed by atoms with E-state index in [1.165, 1.54) is 29.5 Å². The highest BCUT2D eigenvalue weighted by Crippen LogP contribution is 2.28. The SMILES string of the molecule is Cc1cc(NC(=O)c2c(C)c(C(=O)C(=O)N[C@@H]3CCc4nc(N)sc4C3)n(C)c2C)ccc1F. The summed E-state index contributed by atoms with van der Waals surface area (Å²) < 4.78 is 15.1. The zero-order chi connectivity index (χ0) is 24.7. The Kier molecular flexibility index (Phi) is 6.26. The van der Waals surface area contributed by atoms with E-state index in [9.17, 15) is 18.8 Å². The molecule has 0 saturated heterocycles. The van der Waals surface area contributed by atoms with Gasteiger partial charge in [-0.15, -0.1) is 11.3 Å². The molecule has 1 atom stereocenters. The highest BCUT2D eigenvalue weighted by molar-refractivity contribution is 7.15. The summed E-state index contributed by atoms with van der Waals surface area (Å²) in [5.74, 6) is -2.21. The molecule has 0 spiro atoms. The first-order valence-electron chi connectivity index (χ1n) is 10.9. The summed E-state index contributed by atoms with van der Waals surface area (Å²) in [6.07, 6.45) is 1.95. The Morgan fingerprint density at radius 1 is 1.24 bits per heavy atom. The van der Waals surface area contributed by atoms with Crippen molar-refractivity contribution in [2.24, 2.45) is 7.05 Å². The van der Waals surface area contributed by atoms with Crippen molar-refractivity contribution in [2.75, 3.05) is 11.1 Å². The van der Waals surface area contributed by atoms with Crippen LogP contribution in [0.4, 0.5) is 15.2 Å². The number of Topliss-reactive ketones (excluding diaryl/α,β-unsaturated/α-hetero) is 1. The Labute approximate surface area is 200 Å². The average molecular weight is 484 g/mol. The molecule has 0 saturated carbocycles. The summed E-state index contributed by atoms with van der Waals surface area (Å²) in [6, 6.07) is 4.10. The van der Waals surface area contributed by atoms with Crippen molar-refractivity contribution in [1.82, 2.24) is 14.9 Å². The molecule has 1 aromatic carbocycles. The molecule has 4 N–H and O–H groups in total. The molecule has 2 amide bonds. The van der Waals surface area contributed by atoms with Crippen molar-refractivity contribution >= 4 is 39.8 Å². The van der Waals surface area contributed by atoms with Crippen LogP contribution in [0.3, 0.4) is 0 Å². The Balaban J connectivity index is 1.52. The number of amides is 2. The van der Waals surface area contributed by atoms with E-state index >= 15 is 0 Å². The minimum Gasteiger partial charge on any atom is -0.375 e. The van der Waals surface area contributed by atoms with Crippen LogP contribution < -0.4 is 16.4 Å². The second kappa shape index (κ2) is 9.02. The van der Waals surface area contributed by atoms with Crippen molar-refractivity contribution in [3.8, 4) is 0 Å². The first-order chi connectivity index (χ1) is 16.1. The van der Waals surface area contributed by atoms with Gasteiger partial charge >= 0.3 is 0 Å². The summed E-state index contributed by atoms with van der Waals surface area (Å²) in [5.41, 5.74) is 9.02. The Hall–Kier alpha value is -3.53. The fraction of sp³-hybridized carbons (Fsp3) is 0.333. The van der Waals surface area contributed by atoms with Crippen molar-refractivity contribution in [3.63, 3.8) is 0 Å². The van der Waals surface area contributed by atoms with E-state index in [1.54, 1.807) is 32.4 Å². The number of carbonyl (C=O) groups is 3. The average Bonchev–Trinajstić information content (AvgIpc) is 3.25. The van der Waals surface area contributed by atoms with Crippen LogP contribution in [0.5, 0.6) is 0 Å². The maximum atomic E-state index is 13.6. The van der Waals surface area contributed by atoms with Crippen molar-refractivity contribution < 1.29 is 18.8 Å². The molecule has 1 aliphatic carbocycles. The van der Waals surface area contributed by atoms with Gasteiger partial charge in [0.1, 0.15) is 5.82 Å². The zero-order valence-corrected chi connectivity index (χ0v) is 20.2. The van der Waals surface area contributed by atoms with Crippen LogP contribution in [0, 0.1) is 26.6 Å². The number of hydrogen-bond acceptors (Lipinski definition) is 6. The third-order valence-electron chi connectivity index (χ3n) is 6.29. The van der Waals surface area contributed by atoms with Gasteiger partial charge in [-0.2, -0.15) is 0 Å². The van der Waals surface area contributed by atoms with Crippen LogP contribution in [-0.4, -0.2) is 33.2 Å². The van der Waals surface area contributed by atoms with E-state index in [0.29, 0.717) is 52.5 Å². The topological polar surface area (TPSA) is 119 Å². The number of halogens is 1. The predicted octanol–water partition coefficient (Wildman–Crippen LogP) is 3.24. The summed E-state index contributed by atoms with van der Waals surface area (Å²) in [6.45, 7) is 4.96. The molecule has 0 radical (unpaired) electrons. The third kappa shape index (κ3) is 4.33. The number of aryl methyl sites for hydroxylation is 2. The van der Waals surface area contributed by atoms with E-state index in [2.05, 4.69) is 15.6 Å². The van der Waals surface area contributed by atoms with Crippen LogP contribution >= 0.6 is 11.3 Å². The van der Waals surface area contributed by atoms with Crippen LogP contribution in [0.15, 0.2) is 18.2 Å². The quantitative estimate of drug-likeness (QED) is 0.380. The smallest absolute Gasteiger partial charge is 0.294 e. The molecule has 3 aromatic rings. The zero-order valence-electron chi connectivity index (χ0n) is 19.4. The maximum absolute atomic E-state index is 13.6. The minimum absolute atomic E-state index is 0.161. The van der Waals surface area contributed by atoms with Crippen LogP contribution in [-0.2, 0) is 24.7 Å². The second-order valence-electron chi connectivity index (χ2n) is 8.58. The van der Waals surface area contributed by atoms with Crippen molar-refractivity contribution in [2.45, 2.75) is 46.1 Å². The number of nitrogens with two attached hydrogens (primary N) is 1. The van der Waals surface area contributed by atoms with Gasteiger partial charge in [0.2, 0.25) is 0 Å². The van der Waals surface area contributed by atoms with Crippen LogP contribution in [0.2, 0.25) is 0 Å². The normalized spacial score (nSPS) is 15.0. The lowest BCUT2D eigenvalue weighted by molar-refractivity contribution is -0.117. The summed E-state index contributed by atoms with van der Waals surface area (Å²) in [7, 11) is 1.65. The van der Waals surface area contributed by atoms with Gasteiger partial charge in [0.25, 0.3) is 17.6 Å². The number of fused-ring (bicyclic) bond motifs is 1. The molecule has 0 unspecified atom stereocenters. The van der Waals surface area contributed by atoms with Gasteiger partial charge in [0, 0.05) is 35.8 Å². The number of nitrogens with one attached hydrogen (secondary N) is 2. The first-order valence-corrected chi connectivity index (χ1v) is 11.7. The van der Waals surface area contributed by atoms with Gasteiger partial charge in [-0.25, -0.2) is 9.37 Å². The van der Waals surface area contributed by atoms with E-state index in [4.69, 9.17) is 5.73 Å². The highest BCUT2D eigenvalue weighted by atomic mass is 32.1. The van der Waals surface area contributed by atoms with Crippen molar-refractivity contribution in [1.29, 1.82) is 0 Å². The predicted molar refractivity (Wildman–Crippen MR) is 129 cm³/mol. The number of thiazole rings is 1. The molecule has 0 fully saturated rings. The van der Waals surface area contributed by atoms with E-state index < -0.39 is 17.6 Å². The first kappa shape index (κ1) is 23.6.